The zero-order valence-electron chi connectivity index (χ0n) is 10.1. The van der Waals surface area contributed by atoms with Crippen LogP contribution < -0.4 is 16.1 Å². The lowest BCUT2D eigenvalue weighted by Gasteiger charge is -2.40. The van der Waals surface area contributed by atoms with Gasteiger partial charge in [-0.2, -0.15) is 10.2 Å². The van der Waals surface area contributed by atoms with Gasteiger partial charge in [0.25, 0.3) is 11.5 Å². The largest absolute Gasteiger partial charge is 0.358 e. The van der Waals surface area contributed by atoms with Crippen LogP contribution in [0, 0.1) is 0 Å². The monoisotopic (exact) mass is 281 g/mol. The molecule has 3 heterocycles. The van der Waals surface area contributed by atoms with E-state index in [1.54, 1.807) is 0 Å². The summed E-state index contributed by atoms with van der Waals surface area (Å²) in [5, 5.41) is 7.46. The lowest BCUT2D eigenvalue weighted by molar-refractivity contribution is -0.0262. The van der Waals surface area contributed by atoms with Crippen molar-refractivity contribution in [3.8, 4) is 11.3 Å². The van der Waals surface area contributed by atoms with Gasteiger partial charge in [0, 0.05) is 6.20 Å². The van der Waals surface area contributed by atoms with Crippen LogP contribution in [0.15, 0.2) is 28.0 Å². The number of rotatable bonds is 2. The highest BCUT2D eigenvalue weighted by atomic mass is 19.3. The molecule has 0 bridgehead atoms. The molecule has 0 saturated carbocycles. The summed E-state index contributed by atoms with van der Waals surface area (Å²) < 4.78 is 25.7. The fourth-order valence-corrected chi connectivity index (χ4v) is 1.96. The molecule has 2 aromatic rings. The van der Waals surface area contributed by atoms with E-state index in [2.05, 4.69) is 20.2 Å². The van der Waals surface area contributed by atoms with E-state index in [9.17, 15) is 18.4 Å². The number of hydrogen-bond donors (Lipinski definition) is 2. The predicted molar refractivity (Wildman–Crippen MR) is 65.9 cm³/mol. The molecule has 0 aromatic carbocycles. The summed E-state index contributed by atoms with van der Waals surface area (Å²) in [5.74, 6) is -2.70. The molecule has 1 fully saturated rings. The van der Waals surface area contributed by atoms with Crippen LogP contribution in [-0.4, -0.2) is 39.2 Å². The van der Waals surface area contributed by atoms with Crippen molar-refractivity contribution in [2.45, 2.75) is 5.92 Å². The smallest absolute Gasteiger partial charge is 0.325 e. The van der Waals surface area contributed by atoms with E-state index in [0.29, 0.717) is 5.69 Å². The Hall–Kier alpha value is -2.58. The molecule has 3 rings (SSSR count). The molecule has 0 unspecified atom stereocenters. The maximum absolute atomic E-state index is 12.8. The predicted octanol–water partition coefficient (Wildman–Crippen LogP) is -0.0245. The van der Waals surface area contributed by atoms with Crippen molar-refractivity contribution in [3.63, 3.8) is 0 Å². The van der Waals surface area contributed by atoms with Gasteiger partial charge in [0.1, 0.15) is 5.69 Å². The second kappa shape index (κ2) is 4.22. The first-order valence-corrected chi connectivity index (χ1v) is 5.72. The number of anilines is 1. The standard InChI is InChI=1S/C11H9F2N5O2/c12-11(13)4-18(5-11)6-1-8(17-15-2-6)7-3-14-10(20)16-9(7)19/h1-3H,4-5H2,(H2,14,16,19,20). The molecular formula is C11H9F2N5O2. The van der Waals surface area contributed by atoms with Crippen LogP contribution in [0.4, 0.5) is 14.5 Å². The molecule has 1 aliphatic rings. The third-order valence-electron chi connectivity index (χ3n) is 2.94. The van der Waals surface area contributed by atoms with Crippen molar-refractivity contribution in [2.24, 2.45) is 0 Å². The van der Waals surface area contributed by atoms with Gasteiger partial charge in [-0.3, -0.25) is 9.78 Å². The first-order valence-electron chi connectivity index (χ1n) is 5.72. The molecule has 1 aliphatic heterocycles. The highest BCUT2D eigenvalue weighted by Crippen LogP contribution is 2.32. The molecule has 0 radical (unpaired) electrons. The molecule has 20 heavy (non-hydrogen) atoms. The van der Waals surface area contributed by atoms with Gasteiger partial charge in [-0.05, 0) is 6.07 Å². The summed E-state index contributed by atoms with van der Waals surface area (Å²) in [6.07, 6.45) is 2.55. The number of aromatic amines is 2. The maximum Gasteiger partial charge on any atom is 0.325 e. The van der Waals surface area contributed by atoms with Gasteiger partial charge >= 0.3 is 5.69 Å². The summed E-state index contributed by atoms with van der Waals surface area (Å²) in [4.78, 5) is 28.4. The minimum Gasteiger partial charge on any atom is -0.358 e. The van der Waals surface area contributed by atoms with E-state index < -0.39 is 17.2 Å². The van der Waals surface area contributed by atoms with Crippen LogP contribution >= 0.6 is 0 Å². The first kappa shape index (κ1) is 12.5. The summed E-state index contributed by atoms with van der Waals surface area (Å²) in [6, 6.07) is 1.48. The molecule has 7 nitrogen and oxygen atoms in total. The van der Waals surface area contributed by atoms with Gasteiger partial charge in [0.2, 0.25) is 0 Å². The van der Waals surface area contributed by atoms with Gasteiger partial charge in [-0.1, -0.05) is 0 Å². The zero-order valence-corrected chi connectivity index (χ0v) is 10.1. The van der Waals surface area contributed by atoms with Crippen molar-refractivity contribution in [2.75, 3.05) is 18.0 Å². The second-order valence-electron chi connectivity index (χ2n) is 4.50. The Labute approximate surface area is 110 Å². The molecule has 0 atom stereocenters. The quantitative estimate of drug-likeness (QED) is 0.806. The van der Waals surface area contributed by atoms with E-state index in [-0.39, 0.29) is 24.3 Å². The summed E-state index contributed by atoms with van der Waals surface area (Å²) in [7, 11) is 0. The van der Waals surface area contributed by atoms with Gasteiger partial charge in [-0.15, -0.1) is 0 Å². The Bertz CT molecular complexity index is 762. The maximum atomic E-state index is 12.8. The van der Waals surface area contributed by atoms with Gasteiger partial charge < -0.3 is 9.88 Å². The van der Waals surface area contributed by atoms with Crippen LogP contribution in [0.1, 0.15) is 0 Å². The van der Waals surface area contributed by atoms with E-state index in [0.717, 1.165) is 0 Å². The lowest BCUT2D eigenvalue weighted by Crippen LogP contribution is -2.56. The van der Waals surface area contributed by atoms with Gasteiger partial charge in [0.15, 0.2) is 0 Å². The molecule has 0 amide bonds. The molecule has 2 aromatic heterocycles. The average Bonchev–Trinajstić information content (AvgIpc) is 2.36. The molecular weight excluding hydrogens is 272 g/mol. The summed E-state index contributed by atoms with van der Waals surface area (Å²) >= 11 is 0. The summed E-state index contributed by atoms with van der Waals surface area (Å²) in [6.45, 7) is -0.778. The van der Waals surface area contributed by atoms with E-state index in [4.69, 9.17) is 0 Å². The number of H-pyrrole nitrogens is 2. The molecule has 9 heteroatoms. The zero-order chi connectivity index (χ0) is 14.3. The van der Waals surface area contributed by atoms with Crippen molar-refractivity contribution in [1.29, 1.82) is 0 Å². The minimum absolute atomic E-state index is 0.117. The molecule has 2 N–H and O–H groups in total. The topological polar surface area (TPSA) is 94.7 Å². The Balaban J connectivity index is 1.96. The van der Waals surface area contributed by atoms with Gasteiger partial charge in [0.05, 0.1) is 30.5 Å². The Morgan fingerprint density at radius 3 is 2.70 bits per heavy atom. The lowest BCUT2D eigenvalue weighted by atomic mass is 10.1. The summed E-state index contributed by atoms with van der Waals surface area (Å²) in [5.41, 5.74) is -0.479. The molecule has 1 saturated heterocycles. The van der Waals surface area contributed by atoms with Crippen LogP contribution in [0.2, 0.25) is 0 Å². The number of nitrogens with zero attached hydrogens (tertiary/aromatic N) is 3. The van der Waals surface area contributed by atoms with E-state index in [1.165, 1.54) is 23.4 Å². The third kappa shape index (κ3) is 2.17. The second-order valence-corrected chi connectivity index (χ2v) is 4.50. The van der Waals surface area contributed by atoms with Crippen molar-refractivity contribution in [3.05, 3.63) is 39.3 Å². The SMILES string of the molecule is O=c1[nH]cc(-c2cc(N3CC(F)(F)C3)cnn2)c(=O)[nH]1. The number of alkyl halides is 2. The van der Waals surface area contributed by atoms with E-state index >= 15 is 0 Å². The fourth-order valence-electron chi connectivity index (χ4n) is 1.96. The average molecular weight is 281 g/mol. The Kier molecular flexibility index (Phi) is 2.63. The Morgan fingerprint density at radius 1 is 1.30 bits per heavy atom. The number of hydrogen-bond acceptors (Lipinski definition) is 5. The van der Waals surface area contributed by atoms with Gasteiger partial charge in [-0.25, -0.2) is 13.6 Å². The number of halogens is 2. The third-order valence-corrected chi connectivity index (χ3v) is 2.94. The van der Waals surface area contributed by atoms with E-state index in [1.807, 2.05) is 0 Å². The molecule has 0 spiro atoms. The number of aromatic nitrogens is 4. The Morgan fingerprint density at radius 2 is 2.05 bits per heavy atom. The normalized spacial score (nSPS) is 16.8. The highest BCUT2D eigenvalue weighted by Gasteiger charge is 2.44. The molecule has 0 aliphatic carbocycles. The van der Waals surface area contributed by atoms with Crippen LogP contribution in [0.25, 0.3) is 11.3 Å². The van der Waals surface area contributed by atoms with Crippen LogP contribution in [0.5, 0.6) is 0 Å². The van der Waals surface area contributed by atoms with Crippen molar-refractivity contribution >= 4 is 5.69 Å². The fraction of sp³-hybridized carbons (Fsp3) is 0.273. The highest BCUT2D eigenvalue weighted by molar-refractivity contribution is 5.62. The molecule has 104 valence electrons. The van der Waals surface area contributed by atoms with Crippen molar-refractivity contribution < 1.29 is 8.78 Å². The van der Waals surface area contributed by atoms with Crippen LogP contribution in [0.3, 0.4) is 0 Å². The first-order chi connectivity index (χ1) is 9.44. The minimum atomic E-state index is -2.70. The van der Waals surface area contributed by atoms with Crippen LogP contribution in [-0.2, 0) is 0 Å². The van der Waals surface area contributed by atoms with Crippen molar-refractivity contribution in [1.82, 2.24) is 20.2 Å². The number of nitrogens with one attached hydrogen (secondary N) is 2.